The molecule has 0 amide bonds. The summed E-state index contributed by atoms with van der Waals surface area (Å²) < 4.78 is 14.5. The molecule has 2 heterocycles. The van der Waals surface area contributed by atoms with Crippen molar-refractivity contribution in [2.75, 3.05) is 11.1 Å². The molecule has 0 aliphatic carbocycles. The van der Waals surface area contributed by atoms with Crippen molar-refractivity contribution in [3.05, 3.63) is 72.4 Å². The molecule has 0 aliphatic heterocycles. The van der Waals surface area contributed by atoms with Crippen LogP contribution in [0.15, 0.2) is 70.7 Å². The van der Waals surface area contributed by atoms with E-state index >= 15 is 0 Å². The van der Waals surface area contributed by atoms with E-state index in [2.05, 4.69) is 20.3 Å². The molecule has 5 nitrogen and oxygen atoms in total. The average Bonchev–Trinajstić information content (AvgIpc) is 2.71. The van der Waals surface area contributed by atoms with Gasteiger partial charge in [0.2, 0.25) is 0 Å². The Morgan fingerprint density at radius 3 is 2.55 bits per heavy atom. The molecule has 0 saturated carbocycles. The van der Waals surface area contributed by atoms with Crippen LogP contribution < -0.4 is 11.1 Å². The lowest BCUT2D eigenvalue weighted by Gasteiger charge is -2.13. The van der Waals surface area contributed by atoms with Gasteiger partial charge in [-0.25, -0.2) is 19.3 Å². The van der Waals surface area contributed by atoms with Gasteiger partial charge < -0.3 is 11.1 Å². The number of nitrogens with zero attached hydrogens (tertiary/aromatic N) is 3. The second-order valence-electron chi connectivity index (χ2n) is 6.90. The summed E-state index contributed by atoms with van der Waals surface area (Å²) in [4.78, 5) is 15.0. The Morgan fingerprint density at radius 1 is 1.03 bits per heavy atom. The standard InChI is InChI=1S/C22H20FN5S/c1-13(2)20-17(23)11-16-21(25-12-26-22(16)28-20)27-18-5-3-4-6-19(18)29-15-9-7-14(24)8-10-15/h3-13H,24H2,1-2H3,(H,25,26,27,28). The zero-order valence-corrected chi connectivity index (χ0v) is 16.9. The molecule has 4 rings (SSSR count). The van der Waals surface area contributed by atoms with Gasteiger partial charge in [-0.15, -0.1) is 0 Å². The summed E-state index contributed by atoms with van der Waals surface area (Å²) >= 11 is 1.61. The van der Waals surface area contributed by atoms with Crippen LogP contribution in [0.3, 0.4) is 0 Å². The van der Waals surface area contributed by atoms with E-state index in [0.29, 0.717) is 22.5 Å². The van der Waals surface area contributed by atoms with E-state index in [0.717, 1.165) is 21.2 Å². The lowest BCUT2D eigenvalue weighted by Crippen LogP contribution is -2.03. The molecule has 2 aromatic heterocycles. The summed E-state index contributed by atoms with van der Waals surface area (Å²) in [6, 6.07) is 17.0. The van der Waals surface area contributed by atoms with Gasteiger partial charge in [-0.2, -0.15) is 0 Å². The normalized spacial score (nSPS) is 11.2. The van der Waals surface area contributed by atoms with Crippen molar-refractivity contribution in [1.82, 2.24) is 15.0 Å². The van der Waals surface area contributed by atoms with Crippen LogP contribution in [0.4, 0.5) is 21.6 Å². The number of hydrogen-bond acceptors (Lipinski definition) is 6. The minimum atomic E-state index is -0.352. The fourth-order valence-electron chi connectivity index (χ4n) is 2.93. The lowest BCUT2D eigenvalue weighted by atomic mass is 10.1. The topological polar surface area (TPSA) is 76.7 Å². The molecule has 0 radical (unpaired) electrons. The van der Waals surface area contributed by atoms with Crippen LogP contribution in [0.5, 0.6) is 0 Å². The number of anilines is 3. The van der Waals surface area contributed by atoms with Crippen LogP contribution in [0, 0.1) is 5.82 Å². The Bertz CT molecular complexity index is 1160. The molecule has 0 saturated heterocycles. The van der Waals surface area contributed by atoms with Gasteiger partial charge in [0.25, 0.3) is 0 Å². The van der Waals surface area contributed by atoms with Crippen molar-refractivity contribution in [2.24, 2.45) is 0 Å². The maximum absolute atomic E-state index is 14.5. The van der Waals surface area contributed by atoms with Gasteiger partial charge in [0.1, 0.15) is 18.0 Å². The smallest absolute Gasteiger partial charge is 0.165 e. The van der Waals surface area contributed by atoms with Crippen molar-refractivity contribution in [1.29, 1.82) is 0 Å². The zero-order chi connectivity index (χ0) is 20.4. The van der Waals surface area contributed by atoms with Gasteiger partial charge in [0, 0.05) is 15.5 Å². The van der Waals surface area contributed by atoms with Crippen LogP contribution in [-0.2, 0) is 0 Å². The molecule has 0 spiro atoms. The van der Waals surface area contributed by atoms with Crippen molar-refractivity contribution in [2.45, 2.75) is 29.6 Å². The number of pyridine rings is 1. The number of para-hydroxylation sites is 1. The van der Waals surface area contributed by atoms with Crippen LogP contribution in [0.25, 0.3) is 11.0 Å². The van der Waals surface area contributed by atoms with Gasteiger partial charge in [-0.05, 0) is 48.4 Å². The number of halogens is 1. The third-order valence-electron chi connectivity index (χ3n) is 4.40. The molecular formula is C22H20FN5S. The second kappa shape index (κ2) is 8.05. The summed E-state index contributed by atoms with van der Waals surface area (Å²) in [5, 5.41) is 3.86. The second-order valence-corrected chi connectivity index (χ2v) is 8.01. The first-order valence-electron chi connectivity index (χ1n) is 9.22. The number of nitrogens with one attached hydrogen (secondary N) is 1. The largest absolute Gasteiger partial charge is 0.399 e. The Kier molecular flexibility index (Phi) is 5.31. The van der Waals surface area contributed by atoms with E-state index in [1.165, 1.54) is 12.4 Å². The van der Waals surface area contributed by atoms with Gasteiger partial charge in [-0.1, -0.05) is 37.7 Å². The van der Waals surface area contributed by atoms with E-state index in [9.17, 15) is 4.39 Å². The lowest BCUT2D eigenvalue weighted by molar-refractivity contribution is 0.588. The molecule has 2 aromatic carbocycles. The SMILES string of the molecule is CC(C)c1nc2ncnc(Nc3ccccc3Sc3ccc(N)cc3)c2cc1F. The third kappa shape index (κ3) is 4.14. The van der Waals surface area contributed by atoms with E-state index < -0.39 is 0 Å². The van der Waals surface area contributed by atoms with Crippen LogP contribution in [-0.4, -0.2) is 15.0 Å². The molecule has 0 fully saturated rings. The van der Waals surface area contributed by atoms with Crippen LogP contribution in [0.1, 0.15) is 25.5 Å². The number of nitrogens with two attached hydrogens (primary N) is 1. The number of benzene rings is 2. The summed E-state index contributed by atoms with van der Waals surface area (Å²) in [5.41, 5.74) is 8.24. The highest BCUT2D eigenvalue weighted by Crippen LogP contribution is 2.36. The molecule has 0 unspecified atom stereocenters. The van der Waals surface area contributed by atoms with Crippen molar-refractivity contribution >= 4 is 40.0 Å². The van der Waals surface area contributed by atoms with Crippen molar-refractivity contribution in [3.8, 4) is 0 Å². The Labute approximate surface area is 172 Å². The first kappa shape index (κ1) is 19.1. The Morgan fingerprint density at radius 2 is 1.79 bits per heavy atom. The zero-order valence-electron chi connectivity index (χ0n) is 16.1. The minimum absolute atomic E-state index is 0.0252. The maximum atomic E-state index is 14.5. The number of hydrogen-bond donors (Lipinski definition) is 2. The molecule has 4 aromatic rings. The van der Waals surface area contributed by atoms with E-state index in [-0.39, 0.29) is 11.7 Å². The highest BCUT2D eigenvalue weighted by molar-refractivity contribution is 7.99. The number of nitrogen functional groups attached to an aromatic ring is 1. The van der Waals surface area contributed by atoms with Gasteiger partial charge in [0.05, 0.1) is 16.8 Å². The van der Waals surface area contributed by atoms with E-state index in [1.54, 1.807) is 11.8 Å². The summed E-state index contributed by atoms with van der Waals surface area (Å²) in [7, 11) is 0. The average molecular weight is 406 g/mol. The van der Waals surface area contributed by atoms with Crippen LogP contribution in [0.2, 0.25) is 0 Å². The minimum Gasteiger partial charge on any atom is -0.399 e. The highest BCUT2D eigenvalue weighted by Gasteiger charge is 2.15. The highest BCUT2D eigenvalue weighted by atomic mass is 32.2. The first-order valence-corrected chi connectivity index (χ1v) is 10.0. The fourth-order valence-corrected chi connectivity index (χ4v) is 3.83. The quantitative estimate of drug-likeness (QED) is 0.411. The monoisotopic (exact) mass is 405 g/mol. The summed E-state index contributed by atoms with van der Waals surface area (Å²) in [5.74, 6) is 0.139. The van der Waals surface area contributed by atoms with Gasteiger partial charge in [0.15, 0.2) is 5.65 Å². The molecule has 29 heavy (non-hydrogen) atoms. The Balaban J connectivity index is 1.70. The molecule has 0 bridgehead atoms. The van der Waals surface area contributed by atoms with Crippen molar-refractivity contribution in [3.63, 3.8) is 0 Å². The first-order chi connectivity index (χ1) is 14.0. The third-order valence-corrected chi connectivity index (χ3v) is 5.48. The van der Waals surface area contributed by atoms with Gasteiger partial charge >= 0.3 is 0 Å². The Hall–Kier alpha value is -3.19. The van der Waals surface area contributed by atoms with Crippen molar-refractivity contribution < 1.29 is 4.39 Å². The van der Waals surface area contributed by atoms with E-state index in [4.69, 9.17) is 5.73 Å². The molecule has 146 valence electrons. The number of rotatable bonds is 5. The number of aromatic nitrogens is 3. The number of fused-ring (bicyclic) bond motifs is 1. The summed E-state index contributed by atoms with van der Waals surface area (Å²) in [6.45, 7) is 3.81. The molecule has 3 N–H and O–H groups in total. The van der Waals surface area contributed by atoms with Gasteiger partial charge in [-0.3, -0.25) is 0 Å². The van der Waals surface area contributed by atoms with E-state index in [1.807, 2.05) is 62.4 Å². The summed E-state index contributed by atoms with van der Waals surface area (Å²) in [6.07, 6.45) is 1.44. The predicted molar refractivity (Wildman–Crippen MR) is 116 cm³/mol. The molecular weight excluding hydrogens is 385 g/mol. The maximum Gasteiger partial charge on any atom is 0.165 e. The molecule has 7 heteroatoms. The fraction of sp³-hybridized carbons (Fsp3) is 0.136. The predicted octanol–water partition coefficient (Wildman–Crippen LogP) is 5.76. The van der Waals surface area contributed by atoms with Crippen LogP contribution >= 0.6 is 11.8 Å². The molecule has 0 aliphatic rings. The molecule has 0 atom stereocenters.